The smallest absolute Gasteiger partial charge is 0.251 e. The van der Waals surface area contributed by atoms with Crippen LogP contribution < -0.4 is 5.32 Å². The fourth-order valence-electron chi connectivity index (χ4n) is 1.50. The van der Waals surface area contributed by atoms with Crippen molar-refractivity contribution in [3.8, 4) is 6.07 Å². The lowest BCUT2D eigenvalue weighted by Crippen LogP contribution is -2.25. The Morgan fingerprint density at radius 2 is 2.39 bits per heavy atom. The summed E-state index contributed by atoms with van der Waals surface area (Å²) in [5, 5.41) is 11.6. The van der Waals surface area contributed by atoms with E-state index in [4.69, 9.17) is 5.26 Å². The molecule has 0 atom stereocenters. The second-order valence-electron chi connectivity index (χ2n) is 3.67. The van der Waals surface area contributed by atoms with Crippen LogP contribution in [0.25, 0.3) is 0 Å². The SMILES string of the molecule is N#Cc1cccc(C(=O)NCCc2cncs2)c1. The van der Waals surface area contributed by atoms with Gasteiger partial charge in [-0.25, -0.2) is 0 Å². The van der Waals surface area contributed by atoms with E-state index < -0.39 is 0 Å². The number of hydrogen-bond acceptors (Lipinski definition) is 4. The summed E-state index contributed by atoms with van der Waals surface area (Å²) in [7, 11) is 0. The van der Waals surface area contributed by atoms with E-state index in [1.54, 1.807) is 47.3 Å². The Balaban J connectivity index is 1.89. The monoisotopic (exact) mass is 257 g/mol. The molecule has 1 N–H and O–H groups in total. The molecule has 0 saturated heterocycles. The summed E-state index contributed by atoms with van der Waals surface area (Å²) in [5.74, 6) is -0.156. The van der Waals surface area contributed by atoms with Gasteiger partial charge < -0.3 is 5.32 Å². The fourth-order valence-corrected chi connectivity index (χ4v) is 2.10. The molecule has 0 aliphatic heterocycles. The largest absolute Gasteiger partial charge is 0.352 e. The lowest BCUT2D eigenvalue weighted by molar-refractivity contribution is 0.0954. The molecule has 1 aromatic carbocycles. The third-order valence-electron chi connectivity index (χ3n) is 2.39. The Bertz CT molecular complexity index is 572. The van der Waals surface area contributed by atoms with E-state index in [-0.39, 0.29) is 5.91 Å². The number of nitrogens with zero attached hydrogens (tertiary/aromatic N) is 2. The Morgan fingerprint density at radius 1 is 1.50 bits per heavy atom. The number of thiazole rings is 1. The molecule has 2 rings (SSSR count). The minimum absolute atomic E-state index is 0.156. The van der Waals surface area contributed by atoms with Crippen LogP contribution >= 0.6 is 11.3 Å². The number of nitrogens with one attached hydrogen (secondary N) is 1. The van der Waals surface area contributed by atoms with Gasteiger partial charge in [0.2, 0.25) is 0 Å². The van der Waals surface area contributed by atoms with Crippen molar-refractivity contribution in [1.82, 2.24) is 10.3 Å². The summed E-state index contributed by atoms with van der Waals surface area (Å²) < 4.78 is 0. The number of nitriles is 1. The van der Waals surface area contributed by atoms with Crippen molar-refractivity contribution in [2.45, 2.75) is 6.42 Å². The molecule has 4 nitrogen and oxygen atoms in total. The highest BCUT2D eigenvalue weighted by atomic mass is 32.1. The highest BCUT2D eigenvalue weighted by Crippen LogP contribution is 2.06. The second-order valence-corrected chi connectivity index (χ2v) is 4.64. The van der Waals surface area contributed by atoms with E-state index in [0.717, 1.165) is 11.3 Å². The number of carbonyl (C=O) groups excluding carboxylic acids is 1. The molecule has 18 heavy (non-hydrogen) atoms. The van der Waals surface area contributed by atoms with E-state index in [0.29, 0.717) is 17.7 Å². The predicted molar refractivity (Wildman–Crippen MR) is 69.3 cm³/mol. The van der Waals surface area contributed by atoms with Crippen molar-refractivity contribution in [2.24, 2.45) is 0 Å². The quantitative estimate of drug-likeness (QED) is 0.910. The van der Waals surface area contributed by atoms with Crippen LogP contribution in [0.2, 0.25) is 0 Å². The van der Waals surface area contributed by atoms with Crippen LogP contribution in [0.5, 0.6) is 0 Å². The van der Waals surface area contributed by atoms with Crippen LogP contribution in [0.1, 0.15) is 20.8 Å². The van der Waals surface area contributed by atoms with Crippen LogP contribution in [0, 0.1) is 11.3 Å². The van der Waals surface area contributed by atoms with Crippen molar-refractivity contribution >= 4 is 17.2 Å². The zero-order valence-electron chi connectivity index (χ0n) is 9.59. The Morgan fingerprint density at radius 3 is 3.11 bits per heavy atom. The van der Waals surface area contributed by atoms with Gasteiger partial charge in [-0.15, -0.1) is 11.3 Å². The molecule has 0 fully saturated rings. The molecule has 0 bridgehead atoms. The molecule has 0 spiro atoms. The highest BCUT2D eigenvalue weighted by molar-refractivity contribution is 7.09. The standard InChI is InChI=1S/C13H11N3OS/c14-7-10-2-1-3-11(6-10)13(17)16-5-4-12-8-15-9-18-12/h1-3,6,8-9H,4-5H2,(H,16,17). The summed E-state index contributed by atoms with van der Waals surface area (Å²) in [6.45, 7) is 0.567. The number of rotatable bonds is 4. The molecule has 90 valence electrons. The lowest BCUT2D eigenvalue weighted by atomic mass is 10.1. The molecular formula is C13H11N3OS. The Labute approximate surface area is 109 Å². The van der Waals surface area contributed by atoms with Crippen LogP contribution in [0.3, 0.4) is 0 Å². The first-order valence-corrected chi connectivity index (χ1v) is 6.33. The van der Waals surface area contributed by atoms with Gasteiger partial charge >= 0.3 is 0 Å². The second kappa shape index (κ2) is 5.94. The van der Waals surface area contributed by atoms with Crippen molar-refractivity contribution in [1.29, 1.82) is 5.26 Å². The maximum absolute atomic E-state index is 11.8. The number of aromatic nitrogens is 1. The molecule has 1 amide bonds. The van der Waals surface area contributed by atoms with Crippen LogP contribution in [-0.4, -0.2) is 17.4 Å². The average molecular weight is 257 g/mol. The zero-order valence-corrected chi connectivity index (χ0v) is 10.4. The first-order valence-electron chi connectivity index (χ1n) is 5.45. The summed E-state index contributed by atoms with van der Waals surface area (Å²) in [6, 6.07) is 8.68. The van der Waals surface area contributed by atoms with E-state index in [1.165, 1.54) is 0 Å². The number of carbonyl (C=O) groups is 1. The first-order chi connectivity index (χ1) is 8.79. The minimum atomic E-state index is -0.156. The Hall–Kier alpha value is -2.19. The fraction of sp³-hybridized carbons (Fsp3) is 0.154. The normalized spacial score (nSPS) is 9.72. The predicted octanol–water partition coefficient (Wildman–Crippen LogP) is 1.99. The molecule has 2 aromatic rings. The lowest BCUT2D eigenvalue weighted by Gasteiger charge is -2.04. The third-order valence-corrected chi connectivity index (χ3v) is 3.23. The number of hydrogen-bond donors (Lipinski definition) is 1. The summed E-state index contributed by atoms with van der Waals surface area (Å²) in [4.78, 5) is 16.9. The molecule has 1 aromatic heterocycles. The molecule has 0 unspecified atom stereocenters. The van der Waals surface area contributed by atoms with E-state index in [9.17, 15) is 4.79 Å². The maximum atomic E-state index is 11.8. The molecule has 5 heteroatoms. The van der Waals surface area contributed by atoms with Crippen LogP contribution in [0.15, 0.2) is 36.0 Å². The van der Waals surface area contributed by atoms with Gasteiger partial charge in [0.25, 0.3) is 5.91 Å². The molecule has 0 saturated carbocycles. The molecule has 0 aliphatic carbocycles. The molecule has 0 radical (unpaired) electrons. The van der Waals surface area contributed by atoms with Gasteiger partial charge in [0, 0.05) is 29.6 Å². The van der Waals surface area contributed by atoms with Crippen molar-refractivity contribution in [3.63, 3.8) is 0 Å². The average Bonchev–Trinajstić information content (AvgIpc) is 2.92. The van der Waals surface area contributed by atoms with Crippen LogP contribution in [-0.2, 0) is 6.42 Å². The van der Waals surface area contributed by atoms with Gasteiger partial charge in [0.15, 0.2) is 0 Å². The zero-order chi connectivity index (χ0) is 12.8. The van der Waals surface area contributed by atoms with Gasteiger partial charge in [-0.1, -0.05) is 6.07 Å². The van der Waals surface area contributed by atoms with Crippen molar-refractivity contribution in [3.05, 3.63) is 52.0 Å². The molecule has 0 aliphatic rings. The van der Waals surface area contributed by atoms with Crippen LogP contribution in [0.4, 0.5) is 0 Å². The number of benzene rings is 1. The first kappa shape index (κ1) is 12.3. The van der Waals surface area contributed by atoms with E-state index in [2.05, 4.69) is 10.3 Å². The van der Waals surface area contributed by atoms with E-state index in [1.807, 2.05) is 6.07 Å². The highest BCUT2D eigenvalue weighted by Gasteiger charge is 2.05. The minimum Gasteiger partial charge on any atom is -0.352 e. The van der Waals surface area contributed by atoms with Crippen molar-refractivity contribution in [2.75, 3.05) is 6.54 Å². The number of amides is 1. The van der Waals surface area contributed by atoms with Crippen molar-refractivity contribution < 1.29 is 4.79 Å². The maximum Gasteiger partial charge on any atom is 0.251 e. The third kappa shape index (κ3) is 3.15. The van der Waals surface area contributed by atoms with Gasteiger partial charge in [-0.05, 0) is 18.2 Å². The summed E-state index contributed by atoms with van der Waals surface area (Å²) in [6.07, 6.45) is 2.57. The van der Waals surface area contributed by atoms with Gasteiger partial charge in [-0.3, -0.25) is 9.78 Å². The van der Waals surface area contributed by atoms with Gasteiger partial charge in [0.1, 0.15) is 0 Å². The Kier molecular flexibility index (Phi) is 4.05. The summed E-state index contributed by atoms with van der Waals surface area (Å²) in [5.41, 5.74) is 2.77. The van der Waals surface area contributed by atoms with Gasteiger partial charge in [0.05, 0.1) is 17.1 Å². The topological polar surface area (TPSA) is 65.8 Å². The molecular weight excluding hydrogens is 246 g/mol. The molecule has 1 heterocycles. The van der Waals surface area contributed by atoms with E-state index >= 15 is 0 Å². The van der Waals surface area contributed by atoms with Gasteiger partial charge in [-0.2, -0.15) is 5.26 Å². The summed E-state index contributed by atoms with van der Waals surface area (Å²) >= 11 is 1.57.